The zero-order valence-electron chi connectivity index (χ0n) is 12.5. The summed E-state index contributed by atoms with van der Waals surface area (Å²) in [6.45, 7) is 0. The van der Waals surface area contributed by atoms with Gasteiger partial charge >= 0.3 is 0 Å². The summed E-state index contributed by atoms with van der Waals surface area (Å²) in [7, 11) is 0. The summed E-state index contributed by atoms with van der Waals surface area (Å²) < 4.78 is 0. The third kappa shape index (κ3) is 3.20. The Kier molecular flexibility index (Phi) is 4.17. The number of nitriles is 1. The number of rotatable bonds is 4. The van der Waals surface area contributed by atoms with Crippen LogP contribution in [0.1, 0.15) is 11.4 Å². The zero-order valence-corrected chi connectivity index (χ0v) is 12.5. The van der Waals surface area contributed by atoms with E-state index in [1.54, 1.807) is 30.4 Å². The van der Waals surface area contributed by atoms with Crippen LogP contribution in [0.25, 0.3) is 22.7 Å². The van der Waals surface area contributed by atoms with Crippen molar-refractivity contribution in [2.75, 3.05) is 0 Å². The number of non-ortho nitro benzene ring substituents is 1. The molecule has 0 spiro atoms. The zero-order chi connectivity index (χ0) is 16.9. The van der Waals surface area contributed by atoms with Gasteiger partial charge in [-0.05, 0) is 23.8 Å². The first kappa shape index (κ1) is 15.2. The van der Waals surface area contributed by atoms with Crippen LogP contribution in [0.2, 0.25) is 0 Å². The monoisotopic (exact) mass is 316 g/mol. The molecule has 24 heavy (non-hydrogen) atoms. The summed E-state index contributed by atoms with van der Waals surface area (Å²) >= 11 is 0. The molecule has 0 aliphatic carbocycles. The number of nitro benzene ring substituents is 1. The van der Waals surface area contributed by atoms with E-state index in [1.165, 1.54) is 12.1 Å². The average molecular weight is 316 g/mol. The number of H-pyrrole nitrogens is 1. The first-order chi connectivity index (χ1) is 11.7. The van der Waals surface area contributed by atoms with Gasteiger partial charge in [0.15, 0.2) is 0 Å². The van der Waals surface area contributed by atoms with Gasteiger partial charge in [0, 0.05) is 12.1 Å². The van der Waals surface area contributed by atoms with Crippen molar-refractivity contribution in [1.82, 2.24) is 9.97 Å². The fraction of sp³-hybridized carbons (Fsp3) is 0. The molecule has 1 aromatic heterocycles. The molecule has 0 aliphatic heterocycles. The second-order valence-electron chi connectivity index (χ2n) is 5.01. The SMILES string of the molecule is N#C/C(=C\C=C\c1cccc([N+](=O)[O-])c1)c1nc2ccccc2[nH]1. The number of nitrogens with one attached hydrogen (secondary N) is 1. The van der Waals surface area contributed by atoms with E-state index in [4.69, 9.17) is 0 Å². The number of nitro groups is 1. The molecule has 0 unspecified atom stereocenters. The fourth-order valence-corrected chi connectivity index (χ4v) is 2.25. The summed E-state index contributed by atoms with van der Waals surface area (Å²) in [5, 5.41) is 20.1. The molecule has 0 aliphatic rings. The number of hydrogen-bond donors (Lipinski definition) is 1. The molecule has 0 fully saturated rings. The minimum Gasteiger partial charge on any atom is -0.337 e. The van der Waals surface area contributed by atoms with E-state index >= 15 is 0 Å². The highest BCUT2D eigenvalue weighted by molar-refractivity contribution is 5.82. The van der Waals surface area contributed by atoms with E-state index in [0.29, 0.717) is 17.0 Å². The molecule has 0 bridgehead atoms. The van der Waals surface area contributed by atoms with Gasteiger partial charge in [0.05, 0.1) is 21.5 Å². The smallest absolute Gasteiger partial charge is 0.270 e. The maximum Gasteiger partial charge on any atom is 0.270 e. The molecular formula is C18H12N4O2. The molecule has 2 aromatic carbocycles. The Morgan fingerprint density at radius 3 is 2.83 bits per heavy atom. The Labute approximate surface area is 137 Å². The molecule has 1 N–H and O–H groups in total. The molecule has 0 atom stereocenters. The van der Waals surface area contributed by atoms with Crippen molar-refractivity contribution < 1.29 is 4.92 Å². The molecule has 116 valence electrons. The molecule has 6 heteroatoms. The fourth-order valence-electron chi connectivity index (χ4n) is 2.25. The minimum absolute atomic E-state index is 0.0268. The number of aromatic amines is 1. The Morgan fingerprint density at radius 2 is 2.08 bits per heavy atom. The van der Waals surface area contributed by atoms with Crippen molar-refractivity contribution in [3.8, 4) is 6.07 Å². The molecule has 0 radical (unpaired) electrons. The standard InChI is InChI=1S/C18H12N4O2/c19-12-14(18-20-16-9-1-2-10-17(16)21-18)7-3-5-13-6-4-8-15(11-13)22(23)24/h1-11H,(H,20,21)/b5-3+,14-7+. The summed E-state index contributed by atoms with van der Waals surface area (Å²) in [5.74, 6) is 0.488. The Bertz CT molecular complexity index is 976. The number of aromatic nitrogens is 2. The number of hydrogen-bond acceptors (Lipinski definition) is 4. The van der Waals surface area contributed by atoms with Gasteiger partial charge in [-0.15, -0.1) is 0 Å². The average Bonchev–Trinajstić information content (AvgIpc) is 3.02. The lowest BCUT2D eigenvalue weighted by Gasteiger charge is -1.94. The van der Waals surface area contributed by atoms with Crippen LogP contribution >= 0.6 is 0 Å². The van der Waals surface area contributed by atoms with Crippen LogP contribution < -0.4 is 0 Å². The topological polar surface area (TPSA) is 95.6 Å². The Hall–Kier alpha value is -3.72. The third-order valence-electron chi connectivity index (χ3n) is 3.40. The summed E-state index contributed by atoms with van der Waals surface area (Å²) in [4.78, 5) is 17.8. The number of allylic oxidation sites excluding steroid dienone is 3. The number of fused-ring (bicyclic) bond motifs is 1. The molecule has 0 amide bonds. The highest BCUT2D eigenvalue weighted by Gasteiger charge is 2.06. The van der Waals surface area contributed by atoms with Crippen LogP contribution in [0.3, 0.4) is 0 Å². The summed E-state index contributed by atoms with van der Waals surface area (Å²) in [6.07, 6.45) is 4.99. The maximum absolute atomic E-state index is 10.8. The van der Waals surface area contributed by atoms with Crippen molar-refractivity contribution in [3.05, 3.63) is 82.2 Å². The van der Waals surface area contributed by atoms with Gasteiger partial charge in [-0.2, -0.15) is 5.26 Å². The molecule has 3 rings (SSSR count). The van der Waals surface area contributed by atoms with Crippen molar-refractivity contribution >= 4 is 28.4 Å². The molecule has 0 saturated carbocycles. The van der Waals surface area contributed by atoms with Crippen LogP contribution in [-0.2, 0) is 0 Å². The normalized spacial score (nSPS) is 11.7. The maximum atomic E-state index is 10.8. The van der Waals surface area contributed by atoms with Gasteiger partial charge in [0.25, 0.3) is 5.69 Å². The lowest BCUT2D eigenvalue weighted by atomic mass is 10.1. The largest absolute Gasteiger partial charge is 0.337 e. The first-order valence-electron chi connectivity index (χ1n) is 7.15. The van der Waals surface area contributed by atoms with Gasteiger partial charge < -0.3 is 4.98 Å². The molecule has 1 heterocycles. The van der Waals surface area contributed by atoms with E-state index in [1.807, 2.05) is 24.3 Å². The predicted octanol–water partition coefficient (Wildman–Crippen LogP) is 4.09. The van der Waals surface area contributed by atoms with Crippen LogP contribution in [0, 0.1) is 21.4 Å². The van der Waals surface area contributed by atoms with Crippen LogP contribution in [0.15, 0.2) is 60.7 Å². The van der Waals surface area contributed by atoms with Crippen LogP contribution in [-0.4, -0.2) is 14.9 Å². The van der Waals surface area contributed by atoms with Crippen molar-refractivity contribution in [3.63, 3.8) is 0 Å². The van der Waals surface area contributed by atoms with Gasteiger partial charge in [-0.25, -0.2) is 4.98 Å². The molecular weight excluding hydrogens is 304 g/mol. The number of benzene rings is 2. The Balaban J connectivity index is 1.87. The first-order valence-corrected chi connectivity index (χ1v) is 7.15. The predicted molar refractivity (Wildman–Crippen MR) is 91.8 cm³/mol. The highest BCUT2D eigenvalue weighted by Crippen LogP contribution is 2.17. The van der Waals surface area contributed by atoms with Crippen LogP contribution in [0.4, 0.5) is 5.69 Å². The van der Waals surface area contributed by atoms with E-state index in [0.717, 1.165) is 11.0 Å². The number of para-hydroxylation sites is 2. The van der Waals surface area contributed by atoms with Gasteiger partial charge in [-0.1, -0.05) is 36.4 Å². The van der Waals surface area contributed by atoms with Crippen molar-refractivity contribution in [2.24, 2.45) is 0 Å². The van der Waals surface area contributed by atoms with Gasteiger partial charge in [-0.3, -0.25) is 10.1 Å². The molecule has 0 saturated heterocycles. The quantitative estimate of drug-likeness (QED) is 0.339. The Morgan fingerprint density at radius 1 is 1.25 bits per heavy atom. The van der Waals surface area contributed by atoms with E-state index in [2.05, 4.69) is 16.0 Å². The van der Waals surface area contributed by atoms with E-state index < -0.39 is 4.92 Å². The second kappa shape index (κ2) is 6.58. The van der Waals surface area contributed by atoms with E-state index in [9.17, 15) is 15.4 Å². The second-order valence-corrected chi connectivity index (χ2v) is 5.01. The van der Waals surface area contributed by atoms with Crippen molar-refractivity contribution in [2.45, 2.75) is 0 Å². The van der Waals surface area contributed by atoms with Crippen LogP contribution in [0.5, 0.6) is 0 Å². The minimum atomic E-state index is -0.442. The lowest BCUT2D eigenvalue weighted by Crippen LogP contribution is -1.87. The summed E-state index contributed by atoms with van der Waals surface area (Å²) in [5.41, 5.74) is 2.74. The molecule has 3 aromatic rings. The van der Waals surface area contributed by atoms with Crippen molar-refractivity contribution in [1.29, 1.82) is 5.26 Å². The van der Waals surface area contributed by atoms with Gasteiger partial charge in [0.2, 0.25) is 0 Å². The lowest BCUT2D eigenvalue weighted by molar-refractivity contribution is -0.384. The van der Waals surface area contributed by atoms with Gasteiger partial charge in [0.1, 0.15) is 11.9 Å². The van der Waals surface area contributed by atoms with E-state index in [-0.39, 0.29) is 5.69 Å². The number of imidazole rings is 1. The summed E-state index contributed by atoms with van der Waals surface area (Å²) in [6, 6.07) is 15.9. The third-order valence-corrected chi connectivity index (χ3v) is 3.40. The highest BCUT2D eigenvalue weighted by atomic mass is 16.6. The molecule has 6 nitrogen and oxygen atoms in total. The number of nitrogens with zero attached hydrogens (tertiary/aromatic N) is 3.